The zero-order valence-corrected chi connectivity index (χ0v) is 10.9. The lowest BCUT2D eigenvalue weighted by atomic mass is 10.1. The summed E-state index contributed by atoms with van der Waals surface area (Å²) in [5.74, 6) is -0.218. The van der Waals surface area contributed by atoms with Gasteiger partial charge in [-0.2, -0.15) is 0 Å². The molecule has 100 valence electrons. The maximum atomic E-state index is 11.7. The van der Waals surface area contributed by atoms with E-state index < -0.39 is 6.10 Å². The Morgan fingerprint density at radius 1 is 1.47 bits per heavy atom. The lowest BCUT2D eigenvalue weighted by Gasteiger charge is -2.16. The summed E-state index contributed by atoms with van der Waals surface area (Å²) in [4.78, 5) is 11.7. The first-order chi connectivity index (χ1) is 8.13. The molecule has 1 aliphatic heterocycles. The molecular weight excluding hydrogens is 218 g/mol. The monoisotopic (exact) mass is 243 g/mol. The number of hydrogen-bond donors (Lipinski definition) is 2. The van der Waals surface area contributed by atoms with Gasteiger partial charge >= 0.3 is 5.97 Å². The summed E-state index contributed by atoms with van der Waals surface area (Å²) in [5, 5.41) is 12.3. The van der Waals surface area contributed by atoms with Crippen LogP contribution in [0.2, 0.25) is 0 Å². The fourth-order valence-corrected chi connectivity index (χ4v) is 2.09. The van der Waals surface area contributed by atoms with Crippen LogP contribution < -0.4 is 5.32 Å². The molecule has 1 aliphatic rings. The molecule has 0 amide bonds. The first-order valence-corrected chi connectivity index (χ1v) is 6.75. The van der Waals surface area contributed by atoms with Crippen molar-refractivity contribution < 1.29 is 14.6 Å². The highest BCUT2D eigenvalue weighted by Crippen LogP contribution is 2.12. The number of esters is 1. The minimum absolute atomic E-state index is 0.0149. The molecule has 0 radical (unpaired) electrons. The zero-order chi connectivity index (χ0) is 12.7. The van der Waals surface area contributed by atoms with E-state index in [-0.39, 0.29) is 18.1 Å². The molecule has 0 bridgehead atoms. The van der Waals surface area contributed by atoms with Crippen LogP contribution in [0.1, 0.15) is 52.4 Å². The highest BCUT2D eigenvalue weighted by atomic mass is 16.5. The summed E-state index contributed by atoms with van der Waals surface area (Å²) in [7, 11) is 0. The van der Waals surface area contributed by atoms with Gasteiger partial charge in [-0.1, -0.05) is 26.2 Å². The van der Waals surface area contributed by atoms with Crippen molar-refractivity contribution in [1.82, 2.24) is 5.32 Å². The minimum atomic E-state index is -0.410. The van der Waals surface area contributed by atoms with Crippen LogP contribution in [-0.2, 0) is 9.53 Å². The number of aliphatic hydroxyl groups is 1. The van der Waals surface area contributed by atoms with Crippen molar-refractivity contribution in [3.63, 3.8) is 0 Å². The summed E-state index contributed by atoms with van der Waals surface area (Å²) in [5.41, 5.74) is 0. The topological polar surface area (TPSA) is 58.6 Å². The van der Waals surface area contributed by atoms with Gasteiger partial charge in [-0.3, -0.25) is 4.79 Å². The molecule has 0 aromatic heterocycles. The molecule has 4 nitrogen and oxygen atoms in total. The Balaban J connectivity index is 2.12. The molecule has 1 heterocycles. The smallest absolute Gasteiger partial charge is 0.323 e. The molecule has 0 aromatic carbocycles. The predicted molar refractivity (Wildman–Crippen MR) is 66.7 cm³/mol. The van der Waals surface area contributed by atoms with Crippen molar-refractivity contribution in [2.75, 3.05) is 6.54 Å². The van der Waals surface area contributed by atoms with E-state index in [1.54, 1.807) is 0 Å². The van der Waals surface area contributed by atoms with Gasteiger partial charge in [0.15, 0.2) is 0 Å². The third-order valence-electron chi connectivity index (χ3n) is 3.17. The van der Waals surface area contributed by atoms with E-state index in [0.29, 0.717) is 13.0 Å². The normalized spacial score (nSPS) is 25.8. The maximum absolute atomic E-state index is 11.7. The van der Waals surface area contributed by atoms with E-state index in [1.807, 2.05) is 6.92 Å². The van der Waals surface area contributed by atoms with Crippen LogP contribution in [0.25, 0.3) is 0 Å². The van der Waals surface area contributed by atoms with Gasteiger partial charge in [-0.15, -0.1) is 0 Å². The van der Waals surface area contributed by atoms with Crippen LogP contribution in [-0.4, -0.2) is 35.9 Å². The van der Waals surface area contributed by atoms with Gasteiger partial charge in [-0.25, -0.2) is 0 Å². The molecule has 2 N–H and O–H groups in total. The van der Waals surface area contributed by atoms with Crippen LogP contribution >= 0.6 is 0 Å². The van der Waals surface area contributed by atoms with Crippen LogP contribution in [0.3, 0.4) is 0 Å². The summed E-state index contributed by atoms with van der Waals surface area (Å²) in [6, 6.07) is -0.317. The fraction of sp³-hybridized carbons (Fsp3) is 0.923. The van der Waals surface area contributed by atoms with Crippen molar-refractivity contribution >= 4 is 5.97 Å². The van der Waals surface area contributed by atoms with E-state index >= 15 is 0 Å². The number of nitrogens with one attached hydrogen (secondary N) is 1. The van der Waals surface area contributed by atoms with Gasteiger partial charge in [0, 0.05) is 13.0 Å². The second-order valence-corrected chi connectivity index (χ2v) is 4.95. The summed E-state index contributed by atoms with van der Waals surface area (Å²) < 4.78 is 5.35. The van der Waals surface area contributed by atoms with E-state index in [1.165, 1.54) is 19.3 Å². The van der Waals surface area contributed by atoms with Gasteiger partial charge in [0.1, 0.15) is 6.04 Å². The molecule has 17 heavy (non-hydrogen) atoms. The Kier molecular flexibility index (Phi) is 6.52. The molecule has 1 fully saturated rings. The molecule has 3 atom stereocenters. The lowest BCUT2D eigenvalue weighted by Crippen LogP contribution is -2.34. The molecule has 0 saturated carbocycles. The van der Waals surface area contributed by atoms with Crippen molar-refractivity contribution in [3.8, 4) is 0 Å². The molecule has 1 unspecified atom stereocenters. The number of hydrogen-bond acceptors (Lipinski definition) is 4. The van der Waals surface area contributed by atoms with Crippen molar-refractivity contribution in [1.29, 1.82) is 0 Å². The molecule has 0 aromatic rings. The van der Waals surface area contributed by atoms with Crippen LogP contribution in [0.5, 0.6) is 0 Å². The van der Waals surface area contributed by atoms with Crippen LogP contribution in [0, 0.1) is 0 Å². The summed E-state index contributed by atoms with van der Waals surface area (Å²) in [6.07, 6.45) is 5.77. The molecule has 4 heteroatoms. The maximum Gasteiger partial charge on any atom is 0.323 e. The third-order valence-corrected chi connectivity index (χ3v) is 3.17. The Morgan fingerprint density at radius 2 is 2.24 bits per heavy atom. The molecule has 1 saturated heterocycles. The number of unbranched alkanes of at least 4 members (excludes halogenated alkanes) is 3. The van der Waals surface area contributed by atoms with E-state index in [4.69, 9.17) is 4.74 Å². The Hall–Kier alpha value is -0.610. The quantitative estimate of drug-likeness (QED) is 0.527. The van der Waals surface area contributed by atoms with E-state index in [2.05, 4.69) is 12.2 Å². The number of aliphatic hydroxyl groups excluding tert-OH is 1. The van der Waals surface area contributed by atoms with Crippen molar-refractivity contribution in [2.24, 2.45) is 0 Å². The first-order valence-electron chi connectivity index (χ1n) is 6.75. The van der Waals surface area contributed by atoms with Gasteiger partial charge < -0.3 is 15.2 Å². The fourth-order valence-electron chi connectivity index (χ4n) is 2.09. The van der Waals surface area contributed by atoms with Gasteiger partial charge in [-0.05, 0) is 19.8 Å². The second-order valence-electron chi connectivity index (χ2n) is 4.95. The Bertz CT molecular complexity index is 233. The van der Waals surface area contributed by atoms with Gasteiger partial charge in [0.25, 0.3) is 0 Å². The van der Waals surface area contributed by atoms with Crippen molar-refractivity contribution in [2.45, 2.75) is 70.6 Å². The molecule has 0 spiro atoms. The summed E-state index contributed by atoms with van der Waals surface area (Å²) in [6.45, 7) is 4.61. The Morgan fingerprint density at radius 3 is 2.82 bits per heavy atom. The van der Waals surface area contributed by atoms with E-state index in [9.17, 15) is 9.90 Å². The molecular formula is C13H25NO3. The average Bonchev–Trinajstić information content (AvgIpc) is 2.71. The number of β-amino-alcohol motifs (C(OH)–C–C–N with tert-alkyl or cyclic N) is 1. The number of carbonyl (C=O) groups is 1. The standard InChI is InChI=1S/C13H25NO3/c1-3-4-5-6-7-10(2)17-13(16)12-8-11(15)9-14-12/h10-12,14-15H,3-9H2,1-2H3/t10?,11-,12-/m0/s1. The first kappa shape index (κ1) is 14.5. The summed E-state index contributed by atoms with van der Waals surface area (Å²) >= 11 is 0. The molecule has 1 rings (SSSR count). The highest BCUT2D eigenvalue weighted by Gasteiger charge is 2.29. The zero-order valence-electron chi connectivity index (χ0n) is 10.9. The largest absolute Gasteiger partial charge is 0.462 e. The number of rotatable bonds is 7. The van der Waals surface area contributed by atoms with Crippen LogP contribution in [0.15, 0.2) is 0 Å². The average molecular weight is 243 g/mol. The highest BCUT2D eigenvalue weighted by molar-refractivity contribution is 5.76. The van der Waals surface area contributed by atoms with Gasteiger partial charge in [0.2, 0.25) is 0 Å². The van der Waals surface area contributed by atoms with Crippen molar-refractivity contribution in [3.05, 3.63) is 0 Å². The number of carbonyl (C=O) groups excluding carboxylic acids is 1. The Labute approximate surface area is 104 Å². The second kappa shape index (κ2) is 7.67. The van der Waals surface area contributed by atoms with Crippen LogP contribution in [0.4, 0.5) is 0 Å². The predicted octanol–water partition coefficient (Wildman–Crippen LogP) is 1.61. The lowest BCUT2D eigenvalue weighted by molar-refractivity contribution is -0.150. The minimum Gasteiger partial charge on any atom is -0.462 e. The molecule has 0 aliphatic carbocycles. The van der Waals surface area contributed by atoms with E-state index in [0.717, 1.165) is 12.8 Å². The SMILES string of the molecule is CCCCCCC(C)OC(=O)[C@@H]1C[C@H](O)CN1. The number of ether oxygens (including phenoxy) is 1. The third kappa shape index (κ3) is 5.50. The van der Waals surface area contributed by atoms with Gasteiger partial charge in [0.05, 0.1) is 12.2 Å².